The number of likely N-dealkylation sites (N-methyl/N-ethyl adjacent to an activating group) is 1. The van der Waals surface area contributed by atoms with Crippen molar-refractivity contribution in [3.63, 3.8) is 0 Å². The summed E-state index contributed by atoms with van der Waals surface area (Å²) in [6, 6.07) is 8.84. The van der Waals surface area contributed by atoms with Gasteiger partial charge >= 0.3 is 12.1 Å². The van der Waals surface area contributed by atoms with Crippen LogP contribution in [0.15, 0.2) is 36.5 Å². The van der Waals surface area contributed by atoms with Gasteiger partial charge in [-0.2, -0.15) is 0 Å². The molecule has 1 aromatic carbocycles. The number of esters is 1. The summed E-state index contributed by atoms with van der Waals surface area (Å²) >= 11 is 0. The smallest absolute Gasteiger partial charge is 0.410 e. The van der Waals surface area contributed by atoms with Gasteiger partial charge in [-0.05, 0) is 92.6 Å². The van der Waals surface area contributed by atoms with E-state index in [9.17, 15) is 14.7 Å². The lowest BCUT2D eigenvalue weighted by Gasteiger charge is -2.50. The number of ketones is 1. The second kappa shape index (κ2) is 22.0. The van der Waals surface area contributed by atoms with Gasteiger partial charge in [-0.15, -0.1) is 0 Å². The summed E-state index contributed by atoms with van der Waals surface area (Å²) in [6.45, 7) is 22.1. The van der Waals surface area contributed by atoms with Crippen LogP contribution in [-0.2, 0) is 54.0 Å². The van der Waals surface area contributed by atoms with Gasteiger partial charge in [0.25, 0.3) is 0 Å². The zero-order valence-corrected chi connectivity index (χ0v) is 43.4. The van der Waals surface area contributed by atoms with E-state index in [4.69, 9.17) is 37.9 Å². The summed E-state index contributed by atoms with van der Waals surface area (Å²) < 4.78 is 52.5. The van der Waals surface area contributed by atoms with Crippen LogP contribution in [0.25, 0.3) is 10.9 Å². The lowest BCUT2D eigenvalue weighted by atomic mass is 9.73. The zero-order chi connectivity index (χ0) is 50.0. The summed E-state index contributed by atoms with van der Waals surface area (Å²) in [7, 11) is 7.09. The second-order valence-corrected chi connectivity index (χ2v) is 21.2. The normalized spacial score (nSPS) is 41.0. The topological polar surface area (TPSA) is 177 Å². The van der Waals surface area contributed by atoms with Gasteiger partial charge in [-0.3, -0.25) is 19.5 Å². The fourth-order valence-electron chi connectivity index (χ4n) is 11.8. The summed E-state index contributed by atoms with van der Waals surface area (Å²) in [6.07, 6.45) is -3.60. The number of cyclic esters (lactones) is 1. The highest BCUT2D eigenvalue weighted by Crippen LogP contribution is 2.45. The van der Waals surface area contributed by atoms with Gasteiger partial charge in [0.2, 0.25) is 0 Å². The molecule has 16 heteroatoms. The molecule has 4 saturated heterocycles. The molecule has 0 bridgehead atoms. The van der Waals surface area contributed by atoms with E-state index in [1.807, 2.05) is 105 Å². The Kier molecular flexibility index (Phi) is 17.5. The van der Waals surface area contributed by atoms with E-state index in [-0.39, 0.29) is 42.9 Å². The molecular weight excluding hydrogens is 873 g/mol. The average molecular weight is 955 g/mol. The Labute approximate surface area is 404 Å². The molecule has 4 aliphatic rings. The highest BCUT2D eigenvalue weighted by molar-refractivity contribution is 5.85. The fraction of sp³-hybridized carbons (Fsp3) is 0.769. The van der Waals surface area contributed by atoms with Gasteiger partial charge in [0.1, 0.15) is 18.0 Å². The van der Waals surface area contributed by atoms with Crippen molar-refractivity contribution in [1.29, 1.82) is 0 Å². The van der Waals surface area contributed by atoms with Gasteiger partial charge in [-0.1, -0.05) is 52.8 Å². The van der Waals surface area contributed by atoms with Crippen LogP contribution in [0.1, 0.15) is 107 Å². The molecule has 0 spiro atoms. The molecule has 1 aromatic heterocycles. The SMILES string of the molecule is CC[C@H]1OC(=O)[C@H](C)C(OC2CC(C)(OC)C(C)C(C)O2)[C@H](C)[C@@H](OC2OC(C)CC(N(C)C)C2O)[C@](C)(OC)C[C@@H](C)C(=O)[C@H](C)[C@H]2N(CCNCc3ccnc4ccccc34)C(=O)O[C@]12C. The average Bonchev–Trinajstić information content (AvgIpc) is 3.57. The number of nitrogens with one attached hydrogen (secondary N) is 1. The minimum Gasteiger partial charge on any atom is -0.458 e. The van der Waals surface area contributed by atoms with Gasteiger partial charge < -0.3 is 53.2 Å². The maximum atomic E-state index is 15.1. The Hall–Kier alpha value is -3.32. The van der Waals surface area contributed by atoms with E-state index in [0.29, 0.717) is 32.4 Å². The molecule has 5 heterocycles. The standard InChI is InChI=1S/C52H82N4O12/c1-16-40-52(11)45(56(49(60)68-52)24-23-53-28-36-21-22-54-38-20-18-17-19-37(36)38)31(4)42(57)29(2)26-51(10,62-15)46(67-48-43(58)39(55(12)13)25-30(3)63-48)32(5)44(33(6)47(59)65-40)66-41-27-50(9,61-14)34(7)35(8)64-41/h17-22,29-35,39-41,43-46,48,53,58H,16,23-28H2,1-15H3/t29-,30?,31+,32+,33-,34?,35?,39?,40-,41?,43?,44?,45-,46-,48?,50?,51-,52-/m1/s1. The summed E-state index contributed by atoms with van der Waals surface area (Å²) in [5.41, 5.74) is -1.28. The number of ether oxygens (including phenoxy) is 8. The van der Waals surface area contributed by atoms with Gasteiger partial charge in [-0.25, -0.2) is 4.79 Å². The van der Waals surface area contributed by atoms with E-state index in [1.54, 1.807) is 39.2 Å². The Morgan fingerprint density at radius 3 is 2.26 bits per heavy atom. The lowest BCUT2D eigenvalue weighted by Crippen LogP contribution is -2.61. The van der Waals surface area contributed by atoms with Crippen LogP contribution in [0.5, 0.6) is 0 Å². The molecule has 18 atom stereocenters. The molecule has 4 fully saturated rings. The van der Waals surface area contributed by atoms with Crippen LogP contribution in [0.4, 0.5) is 4.79 Å². The predicted molar refractivity (Wildman–Crippen MR) is 256 cm³/mol. The van der Waals surface area contributed by atoms with Crippen LogP contribution in [0, 0.1) is 29.6 Å². The minimum absolute atomic E-state index is 0.0345. The monoisotopic (exact) mass is 955 g/mol. The first kappa shape index (κ1) is 54.0. The molecule has 1 amide bonds. The number of hydrogen-bond donors (Lipinski definition) is 2. The Morgan fingerprint density at radius 2 is 1.60 bits per heavy atom. The number of benzene rings is 1. The van der Waals surface area contributed by atoms with Gasteiger partial charge in [0, 0.05) is 81.6 Å². The number of pyridine rings is 1. The molecule has 16 nitrogen and oxygen atoms in total. The van der Waals surface area contributed by atoms with Gasteiger partial charge in [0.15, 0.2) is 18.2 Å². The first-order valence-electron chi connectivity index (χ1n) is 24.9. The van der Waals surface area contributed by atoms with Crippen molar-refractivity contribution in [3.05, 3.63) is 42.1 Å². The Bertz CT molecular complexity index is 2040. The number of fused-ring (bicyclic) bond motifs is 2. The fourth-order valence-corrected chi connectivity index (χ4v) is 11.8. The van der Waals surface area contributed by atoms with Crippen LogP contribution in [0.3, 0.4) is 0 Å². The number of aliphatic hydroxyl groups excluding tert-OH is 1. The van der Waals surface area contributed by atoms with Gasteiger partial charge in [0.05, 0.1) is 53.1 Å². The quantitative estimate of drug-likeness (QED) is 0.164. The van der Waals surface area contributed by atoms with E-state index >= 15 is 4.79 Å². The molecule has 4 aliphatic heterocycles. The highest BCUT2D eigenvalue weighted by Gasteiger charge is 2.61. The third kappa shape index (κ3) is 10.9. The molecule has 2 aromatic rings. The molecule has 6 rings (SSSR count). The van der Waals surface area contributed by atoms with E-state index in [2.05, 4.69) is 17.2 Å². The van der Waals surface area contributed by atoms with Crippen molar-refractivity contribution in [3.8, 4) is 0 Å². The van der Waals surface area contributed by atoms with Crippen molar-refractivity contribution < 1.29 is 57.4 Å². The number of methoxy groups -OCH3 is 2. The number of aliphatic hydroxyl groups is 1. The number of carbonyl (C=O) groups is 3. The van der Waals surface area contributed by atoms with Crippen LogP contribution in [-0.4, -0.2) is 157 Å². The molecule has 382 valence electrons. The first-order chi connectivity index (χ1) is 32.0. The number of amides is 1. The molecular formula is C52H82N4O12. The number of aromatic nitrogens is 1. The zero-order valence-electron chi connectivity index (χ0n) is 43.4. The second-order valence-electron chi connectivity index (χ2n) is 21.2. The predicted octanol–water partition coefficient (Wildman–Crippen LogP) is 6.52. The molecule has 9 unspecified atom stereocenters. The van der Waals surface area contributed by atoms with Crippen LogP contribution < -0.4 is 5.32 Å². The minimum atomic E-state index is -1.41. The summed E-state index contributed by atoms with van der Waals surface area (Å²) in [5, 5.41) is 16.4. The molecule has 68 heavy (non-hydrogen) atoms. The molecule has 0 radical (unpaired) electrons. The number of rotatable bonds is 13. The highest BCUT2D eigenvalue weighted by atomic mass is 16.7. The largest absolute Gasteiger partial charge is 0.458 e. The molecule has 2 N–H and O–H groups in total. The van der Waals surface area contributed by atoms with Crippen molar-refractivity contribution in [1.82, 2.24) is 20.1 Å². The number of para-hydroxylation sites is 1. The van der Waals surface area contributed by atoms with Crippen molar-refractivity contribution in [2.75, 3.05) is 41.4 Å². The van der Waals surface area contributed by atoms with E-state index in [1.165, 1.54) is 0 Å². The maximum Gasteiger partial charge on any atom is 0.410 e. The lowest BCUT2D eigenvalue weighted by molar-refractivity contribution is -0.315. The van der Waals surface area contributed by atoms with Crippen molar-refractivity contribution in [2.24, 2.45) is 29.6 Å². The number of Topliss-reactive ketones (excluding diaryl/α,β-unsaturated/α-hetero) is 1. The summed E-state index contributed by atoms with van der Waals surface area (Å²) in [4.78, 5) is 52.4. The third-order valence-electron chi connectivity index (χ3n) is 16.3. The van der Waals surface area contributed by atoms with Crippen molar-refractivity contribution in [2.45, 2.75) is 186 Å². The van der Waals surface area contributed by atoms with Crippen LogP contribution >= 0.6 is 0 Å². The number of carbonyl (C=O) groups excluding carboxylic acids is 3. The Balaban J connectivity index is 1.39. The van der Waals surface area contributed by atoms with E-state index < -0.39 is 95.6 Å². The molecule has 0 aliphatic carbocycles. The first-order valence-corrected chi connectivity index (χ1v) is 24.9. The van der Waals surface area contributed by atoms with E-state index in [0.717, 1.165) is 16.5 Å². The van der Waals surface area contributed by atoms with Crippen LogP contribution in [0.2, 0.25) is 0 Å². The molecule has 0 saturated carbocycles. The number of hydrogen-bond acceptors (Lipinski definition) is 15. The maximum absolute atomic E-state index is 15.1. The third-order valence-corrected chi connectivity index (χ3v) is 16.3. The Morgan fingerprint density at radius 1 is 0.912 bits per heavy atom. The number of nitrogens with zero attached hydrogens (tertiary/aromatic N) is 3. The van der Waals surface area contributed by atoms with Crippen molar-refractivity contribution >= 4 is 28.7 Å². The summed E-state index contributed by atoms with van der Waals surface area (Å²) in [5.74, 6) is -3.67.